The minimum absolute atomic E-state index is 0.0497. The lowest BCUT2D eigenvalue weighted by molar-refractivity contribution is 0.0992. The Kier molecular flexibility index (Phi) is 5.92. The van der Waals surface area contributed by atoms with Gasteiger partial charge in [0, 0.05) is 35.5 Å². The third kappa shape index (κ3) is 4.66. The molecule has 1 fully saturated rings. The van der Waals surface area contributed by atoms with Crippen LogP contribution in [0.1, 0.15) is 34.7 Å². The van der Waals surface area contributed by atoms with Crippen LogP contribution in [-0.2, 0) is 13.5 Å². The van der Waals surface area contributed by atoms with Gasteiger partial charge in [-0.3, -0.25) is 9.78 Å². The van der Waals surface area contributed by atoms with Crippen molar-refractivity contribution in [3.63, 3.8) is 0 Å². The molecule has 6 nitrogen and oxygen atoms in total. The maximum Gasteiger partial charge on any atom is 0.168 e. The molecule has 1 aliphatic heterocycles. The van der Waals surface area contributed by atoms with Gasteiger partial charge in [-0.1, -0.05) is 12.1 Å². The number of Topliss-reactive ketones (excluding diaryl/α,β-unsaturated/α-hetero) is 1. The van der Waals surface area contributed by atoms with Crippen molar-refractivity contribution in [3.05, 3.63) is 78.0 Å². The fourth-order valence-corrected chi connectivity index (χ4v) is 4.30. The molecule has 5 rings (SSSR count). The van der Waals surface area contributed by atoms with E-state index in [0.717, 1.165) is 65.2 Å². The number of benzene rings is 2. The van der Waals surface area contributed by atoms with Crippen LogP contribution in [0.15, 0.2) is 60.9 Å². The van der Waals surface area contributed by atoms with Gasteiger partial charge >= 0.3 is 0 Å². The predicted octanol–water partition coefficient (Wildman–Crippen LogP) is 4.50. The summed E-state index contributed by atoms with van der Waals surface area (Å²) in [7, 11) is 2.02. The van der Waals surface area contributed by atoms with Crippen LogP contribution < -0.4 is 10.1 Å². The number of piperidine rings is 1. The van der Waals surface area contributed by atoms with Gasteiger partial charge in [-0.2, -0.15) is 0 Å². The lowest BCUT2D eigenvalue weighted by atomic mass is 10.0. The van der Waals surface area contributed by atoms with Crippen molar-refractivity contribution >= 4 is 16.6 Å². The van der Waals surface area contributed by atoms with Crippen LogP contribution in [-0.4, -0.2) is 39.5 Å². The summed E-state index contributed by atoms with van der Waals surface area (Å²) in [5.74, 6) is 1.84. The lowest BCUT2D eigenvalue weighted by Crippen LogP contribution is -2.34. The van der Waals surface area contributed by atoms with E-state index in [1.165, 1.54) is 0 Å². The van der Waals surface area contributed by atoms with E-state index in [2.05, 4.69) is 38.1 Å². The second kappa shape index (κ2) is 9.16. The Morgan fingerprint density at radius 3 is 2.55 bits per heavy atom. The van der Waals surface area contributed by atoms with Gasteiger partial charge in [0.25, 0.3) is 0 Å². The van der Waals surface area contributed by atoms with Crippen LogP contribution in [0.5, 0.6) is 5.75 Å². The molecular formula is C27H28N4O2. The van der Waals surface area contributed by atoms with Gasteiger partial charge in [-0.15, -0.1) is 0 Å². The quantitative estimate of drug-likeness (QED) is 0.447. The van der Waals surface area contributed by atoms with E-state index in [4.69, 9.17) is 4.74 Å². The first-order valence-corrected chi connectivity index (χ1v) is 11.4. The molecule has 2 aromatic carbocycles. The number of carbonyl (C=O) groups excluding carboxylic acids is 1. The summed E-state index contributed by atoms with van der Waals surface area (Å²) in [5, 5.41) is 5.45. The first-order chi connectivity index (χ1) is 16.1. The van der Waals surface area contributed by atoms with E-state index in [9.17, 15) is 4.79 Å². The van der Waals surface area contributed by atoms with Crippen molar-refractivity contribution in [2.75, 3.05) is 13.1 Å². The minimum Gasteiger partial charge on any atom is -0.490 e. The van der Waals surface area contributed by atoms with Crippen molar-refractivity contribution in [2.24, 2.45) is 7.05 Å². The maximum atomic E-state index is 12.9. The molecule has 1 saturated heterocycles. The molecule has 2 aromatic heterocycles. The zero-order valence-electron chi connectivity index (χ0n) is 19.0. The van der Waals surface area contributed by atoms with Crippen LogP contribution >= 0.6 is 0 Å². The number of imidazole rings is 1. The largest absolute Gasteiger partial charge is 0.490 e. The van der Waals surface area contributed by atoms with Gasteiger partial charge in [0.2, 0.25) is 0 Å². The molecule has 0 unspecified atom stereocenters. The number of aromatic nitrogens is 3. The van der Waals surface area contributed by atoms with Gasteiger partial charge < -0.3 is 14.6 Å². The van der Waals surface area contributed by atoms with E-state index in [0.29, 0.717) is 5.56 Å². The van der Waals surface area contributed by atoms with Gasteiger partial charge in [0.15, 0.2) is 5.78 Å². The molecule has 0 spiro atoms. The van der Waals surface area contributed by atoms with E-state index in [-0.39, 0.29) is 18.3 Å². The molecule has 0 bridgehead atoms. The fourth-order valence-electron chi connectivity index (χ4n) is 4.30. The predicted molar refractivity (Wildman–Crippen MR) is 130 cm³/mol. The van der Waals surface area contributed by atoms with Gasteiger partial charge in [-0.25, -0.2) is 4.98 Å². The molecule has 3 heterocycles. The van der Waals surface area contributed by atoms with E-state index in [1.54, 1.807) is 0 Å². The van der Waals surface area contributed by atoms with Crippen molar-refractivity contribution < 1.29 is 9.53 Å². The summed E-state index contributed by atoms with van der Waals surface area (Å²) < 4.78 is 8.12. The molecule has 168 valence electrons. The molecule has 0 radical (unpaired) electrons. The van der Waals surface area contributed by atoms with Crippen molar-refractivity contribution in [3.8, 4) is 17.0 Å². The number of aryl methyl sites for hydroxylation is 1. The highest BCUT2D eigenvalue weighted by Crippen LogP contribution is 2.25. The van der Waals surface area contributed by atoms with Gasteiger partial charge in [0.1, 0.15) is 17.7 Å². The summed E-state index contributed by atoms with van der Waals surface area (Å²) in [4.78, 5) is 21.8. The summed E-state index contributed by atoms with van der Waals surface area (Å²) in [6.07, 6.45) is 6.26. The molecule has 0 amide bonds. The number of ketones is 1. The first kappa shape index (κ1) is 21.3. The smallest absolute Gasteiger partial charge is 0.168 e. The lowest BCUT2D eigenvalue weighted by Gasteiger charge is -2.23. The highest BCUT2D eigenvalue weighted by atomic mass is 16.5. The van der Waals surface area contributed by atoms with Crippen LogP contribution in [0.2, 0.25) is 0 Å². The monoisotopic (exact) mass is 440 g/mol. The summed E-state index contributed by atoms with van der Waals surface area (Å²) in [6, 6.07) is 15.8. The number of nitrogens with zero attached hydrogens (tertiary/aromatic N) is 3. The third-order valence-corrected chi connectivity index (χ3v) is 6.40. The van der Waals surface area contributed by atoms with E-state index < -0.39 is 0 Å². The molecule has 0 saturated carbocycles. The van der Waals surface area contributed by atoms with Crippen LogP contribution in [0.25, 0.3) is 22.0 Å². The number of nitrogens with one attached hydrogen (secondary N) is 1. The molecule has 6 heteroatoms. The van der Waals surface area contributed by atoms with E-state index >= 15 is 0 Å². The SMILES string of the molecule is Cc1ncc(-c2ccc3cnc(CC(=O)c4ccc(OC5CCNCC5)cc4)cc3c2)n1C. The molecule has 33 heavy (non-hydrogen) atoms. The Balaban J connectivity index is 1.30. The molecule has 1 N–H and O–H groups in total. The van der Waals surface area contributed by atoms with Crippen molar-refractivity contribution in [1.82, 2.24) is 19.9 Å². The molecular weight excluding hydrogens is 412 g/mol. The Hall–Kier alpha value is -3.51. The maximum absolute atomic E-state index is 12.9. The molecule has 0 aliphatic carbocycles. The average Bonchev–Trinajstić information content (AvgIpc) is 3.18. The Labute approximate surface area is 193 Å². The highest BCUT2D eigenvalue weighted by molar-refractivity contribution is 5.98. The number of fused-ring (bicyclic) bond motifs is 1. The second-order valence-corrected chi connectivity index (χ2v) is 8.68. The van der Waals surface area contributed by atoms with Crippen molar-refractivity contribution in [2.45, 2.75) is 32.3 Å². The van der Waals surface area contributed by atoms with Crippen LogP contribution in [0.4, 0.5) is 0 Å². The second-order valence-electron chi connectivity index (χ2n) is 8.68. The van der Waals surface area contributed by atoms with E-state index in [1.807, 2.05) is 56.7 Å². The molecule has 0 atom stereocenters. The van der Waals surface area contributed by atoms with Gasteiger partial charge in [0.05, 0.1) is 18.3 Å². The average molecular weight is 441 g/mol. The van der Waals surface area contributed by atoms with Gasteiger partial charge in [-0.05, 0) is 74.6 Å². The molecule has 1 aliphatic rings. The Morgan fingerprint density at radius 2 is 1.82 bits per heavy atom. The summed E-state index contributed by atoms with van der Waals surface area (Å²) in [5.41, 5.74) is 3.60. The number of carbonyl (C=O) groups is 1. The number of rotatable bonds is 6. The van der Waals surface area contributed by atoms with Crippen LogP contribution in [0, 0.1) is 6.92 Å². The Bertz CT molecular complexity index is 1290. The number of hydrogen-bond donors (Lipinski definition) is 1. The fraction of sp³-hybridized carbons (Fsp3) is 0.296. The number of pyridine rings is 1. The zero-order valence-corrected chi connectivity index (χ0v) is 19.0. The summed E-state index contributed by atoms with van der Waals surface area (Å²) in [6.45, 7) is 3.97. The van der Waals surface area contributed by atoms with Crippen LogP contribution in [0.3, 0.4) is 0 Å². The normalized spacial score (nSPS) is 14.5. The first-order valence-electron chi connectivity index (χ1n) is 11.4. The minimum atomic E-state index is 0.0497. The highest BCUT2D eigenvalue weighted by Gasteiger charge is 2.15. The summed E-state index contributed by atoms with van der Waals surface area (Å²) >= 11 is 0. The number of ether oxygens (including phenoxy) is 1. The topological polar surface area (TPSA) is 69.0 Å². The Morgan fingerprint density at radius 1 is 1.03 bits per heavy atom. The number of hydrogen-bond acceptors (Lipinski definition) is 5. The zero-order chi connectivity index (χ0) is 22.8. The third-order valence-electron chi connectivity index (χ3n) is 6.40. The standard InChI is InChI=1S/C27H28N4O2/c1-18-29-17-26(31(18)2)20-3-4-21-16-30-23(14-22(21)13-20)15-27(32)19-5-7-24(8-6-19)33-25-9-11-28-12-10-25/h3-8,13-14,16-17,25,28H,9-12,15H2,1-2H3. The molecule has 4 aromatic rings. The van der Waals surface area contributed by atoms with Crippen molar-refractivity contribution in [1.29, 1.82) is 0 Å².